The van der Waals surface area contributed by atoms with Gasteiger partial charge in [0.15, 0.2) is 5.25 Å². The molecule has 1 atom stereocenters. The van der Waals surface area contributed by atoms with Crippen LogP contribution in [0.5, 0.6) is 0 Å². The minimum absolute atomic E-state index is 0.206. The van der Waals surface area contributed by atoms with Crippen molar-refractivity contribution in [2.75, 3.05) is 0 Å². The second-order valence-corrected chi connectivity index (χ2v) is 5.33. The molecule has 1 heterocycles. The molecule has 0 saturated heterocycles. The summed E-state index contributed by atoms with van der Waals surface area (Å²) in [6.45, 7) is 1.56. The first kappa shape index (κ1) is 11.8. The van der Waals surface area contributed by atoms with Gasteiger partial charge in [-0.3, -0.25) is 0 Å². The van der Waals surface area contributed by atoms with E-state index in [2.05, 4.69) is 4.72 Å². The fourth-order valence-electron chi connectivity index (χ4n) is 1.05. The van der Waals surface area contributed by atoms with Crippen LogP contribution < -0.4 is 4.72 Å². The number of hydrogen-bond acceptors (Lipinski definition) is 3. The molecule has 1 aromatic heterocycles. The van der Waals surface area contributed by atoms with Crippen molar-refractivity contribution in [3.63, 3.8) is 0 Å². The molecule has 82 valence electrons. The van der Waals surface area contributed by atoms with Gasteiger partial charge in [-0.2, -0.15) is 5.26 Å². The van der Waals surface area contributed by atoms with Crippen molar-refractivity contribution in [2.24, 2.45) is 7.05 Å². The van der Waals surface area contributed by atoms with Crippen LogP contribution in [0.15, 0.2) is 18.3 Å². The molecule has 0 saturated carbocycles. The van der Waals surface area contributed by atoms with E-state index in [4.69, 9.17) is 5.26 Å². The van der Waals surface area contributed by atoms with Crippen LogP contribution in [0.25, 0.3) is 0 Å². The highest BCUT2D eigenvalue weighted by atomic mass is 32.2. The van der Waals surface area contributed by atoms with Crippen LogP contribution in [0.3, 0.4) is 0 Å². The van der Waals surface area contributed by atoms with E-state index in [-0.39, 0.29) is 6.54 Å². The monoisotopic (exact) mass is 227 g/mol. The molecular weight excluding hydrogens is 214 g/mol. The first-order valence-electron chi connectivity index (χ1n) is 4.45. The summed E-state index contributed by atoms with van der Waals surface area (Å²) < 4.78 is 27.1. The lowest BCUT2D eigenvalue weighted by atomic mass is 10.4. The van der Waals surface area contributed by atoms with Gasteiger partial charge in [-0.15, -0.1) is 0 Å². The smallest absolute Gasteiger partial charge is 0.228 e. The third-order valence-corrected chi connectivity index (χ3v) is 3.74. The van der Waals surface area contributed by atoms with Crippen molar-refractivity contribution in [3.05, 3.63) is 24.0 Å². The van der Waals surface area contributed by atoms with E-state index in [1.54, 1.807) is 6.07 Å². The first-order chi connectivity index (χ1) is 6.97. The number of nitriles is 1. The van der Waals surface area contributed by atoms with Crippen LogP contribution >= 0.6 is 0 Å². The van der Waals surface area contributed by atoms with Crippen molar-refractivity contribution in [3.8, 4) is 6.07 Å². The summed E-state index contributed by atoms with van der Waals surface area (Å²) in [6, 6.07) is 5.34. The molecule has 0 radical (unpaired) electrons. The average Bonchev–Trinajstić information content (AvgIpc) is 2.60. The van der Waals surface area contributed by atoms with Crippen LogP contribution in [-0.2, 0) is 23.6 Å². The number of nitrogens with zero attached hydrogens (tertiary/aromatic N) is 2. The fourth-order valence-corrected chi connectivity index (χ4v) is 1.79. The zero-order valence-electron chi connectivity index (χ0n) is 8.64. The van der Waals surface area contributed by atoms with Gasteiger partial charge in [0.25, 0.3) is 0 Å². The van der Waals surface area contributed by atoms with Gasteiger partial charge in [0.2, 0.25) is 10.0 Å². The van der Waals surface area contributed by atoms with E-state index in [1.165, 1.54) is 6.92 Å². The largest absolute Gasteiger partial charge is 0.353 e. The summed E-state index contributed by atoms with van der Waals surface area (Å²) in [4.78, 5) is 0. The number of rotatable bonds is 4. The van der Waals surface area contributed by atoms with Gasteiger partial charge < -0.3 is 4.57 Å². The van der Waals surface area contributed by atoms with E-state index in [0.717, 1.165) is 5.69 Å². The highest BCUT2D eigenvalue weighted by Crippen LogP contribution is 2.02. The molecule has 0 amide bonds. The number of aryl methyl sites for hydroxylation is 1. The lowest BCUT2D eigenvalue weighted by Crippen LogP contribution is -2.31. The molecule has 1 unspecified atom stereocenters. The van der Waals surface area contributed by atoms with Gasteiger partial charge in [-0.05, 0) is 19.1 Å². The minimum atomic E-state index is -3.53. The van der Waals surface area contributed by atoms with E-state index in [0.29, 0.717) is 0 Å². The second kappa shape index (κ2) is 4.47. The molecule has 0 aliphatic heterocycles. The van der Waals surface area contributed by atoms with Gasteiger partial charge in [0, 0.05) is 18.9 Å². The van der Waals surface area contributed by atoms with Gasteiger partial charge in [0.1, 0.15) is 0 Å². The molecule has 0 aromatic carbocycles. The van der Waals surface area contributed by atoms with E-state index < -0.39 is 15.3 Å². The van der Waals surface area contributed by atoms with E-state index in [1.807, 2.05) is 29.9 Å². The standard InChI is InChI=1S/C9H13N3O2S/c1-8(6-10)15(13,14)11-7-9-4-3-5-12(9)2/h3-5,8,11H,7H2,1-2H3. The molecule has 6 heteroatoms. The van der Waals surface area contributed by atoms with Crippen molar-refractivity contribution in [1.29, 1.82) is 5.26 Å². The molecule has 1 aromatic rings. The molecule has 0 bridgehead atoms. The lowest BCUT2D eigenvalue weighted by Gasteiger charge is -2.08. The Morgan fingerprint density at radius 2 is 2.33 bits per heavy atom. The van der Waals surface area contributed by atoms with Crippen molar-refractivity contribution in [2.45, 2.75) is 18.7 Å². The predicted molar refractivity (Wildman–Crippen MR) is 56.2 cm³/mol. The SMILES string of the molecule is CC(C#N)S(=O)(=O)NCc1cccn1C. The van der Waals surface area contributed by atoms with Gasteiger partial charge in [-0.1, -0.05) is 0 Å². The summed E-state index contributed by atoms with van der Waals surface area (Å²) in [5, 5.41) is 7.48. The average molecular weight is 227 g/mol. The Hall–Kier alpha value is -1.32. The molecule has 15 heavy (non-hydrogen) atoms. The summed E-state index contributed by atoms with van der Waals surface area (Å²) >= 11 is 0. The van der Waals surface area contributed by atoms with Gasteiger partial charge in [0.05, 0.1) is 12.6 Å². The number of sulfonamides is 1. The summed E-state index contributed by atoms with van der Waals surface area (Å²) in [5.41, 5.74) is 0.851. The molecular formula is C9H13N3O2S. The fraction of sp³-hybridized carbons (Fsp3) is 0.444. The summed E-state index contributed by atoms with van der Waals surface area (Å²) in [5.74, 6) is 0. The quantitative estimate of drug-likeness (QED) is 0.806. The lowest BCUT2D eigenvalue weighted by molar-refractivity contribution is 0.574. The Bertz CT molecular complexity index is 470. The van der Waals surface area contributed by atoms with Gasteiger partial charge >= 0.3 is 0 Å². The Labute approximate surface area is 89.4 Å². The third kappa shape index (κ3) is 2.81. The zero-order chi connectivity index (χ0) is 11.5. The zero-order valence-corrected chi connectivity index (χ0v) is 9.45. The number of aromatic nitrogens is 1. The highest BCUT2D eigenvalue weighted by Gasteiger charge is 2.19. The van der Waals surface area contributed by atoms with Crippen LogP contribution in [0.1, 0.15) is 12.6 Å². The highest BCUT2D eigenvalue weighted by molar-refractivity contribution is 7.90. The first-order valence-corrected chi connectivity index (χ1v) is 6.00. The van der Waals surface area contributed by atoms with Crippen molar-refractivity contribution in [1.82, 2.24) is 9.29 Å². The van der Waals surface area contributed by atoms with E-state index in [9.17, 15) is 8.42 Å². The molecule has 5 nitrogen and oxygen atoms in total. The molecule has 1 rings (SSSR count). The van der Waals surface area contributed by atoms with Crippen LogP contribution in [-0.4, -0.2) is 18.2 Å². The topological polar surface area (TPSA) is 74.9 Å². The summed E-state index contributed by atoms with van der Waals surface area (Å²) in [6.07, 6.45) is 1.83. The molecule has 0 aliphatic carbocycles. The molecule has 0 spiro atoms. The normalized spacial score (nSPS) is 13.4. The number of nitrogens with one attached hydrogen (secondary N) is 1. The Balaban J connectivity index is 2.67. The Morgan fingerprint density at radius 1 is 1.67 bits per heavy atom. The maximum atomic E-state index is 11.4. The third-order valence-electron chi connectivity index (χ3n) is 2.15. The van der Waals surface area contributed by atoms with Crippen LogP contribution in [0, 0.1) is 11.3 Å². The summed E-state index contributed by atoms with van der Waals surface area (Å²) in [7, 11) is -1.70. The molecule has 1 N–H and O–H groups in total. The molecule has 0 aliphatic rings. The van der Waals surface area contributed by atoms with Crippen LogP contribution in [0.4, 0.5) is 0 Å². The van der Waals surface area contributed by atoms with Crippen molar-refractivity contribution < 1.29 is 8.42 Å². The maximum absolute atomic E-state index is 11.4. The Kier molecular flexibility index (Phi) is 3.50. The van der Waals surface area contributed by atoms with Crippen molar-refractivity contribution >= 4 is 10.0 Å². The second-order valence-electron chi connectivity index (χ2n) is 3.25. The van der Waals surface area contributed by atoms with E-state index >= 15 is 0 Å². The predicted octanol–water partition coefficient (Wildman–Crippen LogP) is 0.357. The number of hydrogen-bond donors (Lipinski definition) is 1. The van der Waals surface area contributed by atoms with Gasteiger partial charge in [-0.25, -0.2) is 13.1 Å². The van der Waals surface area contributed by atoms with Crippen LogP contribution in [0.2, 0.25) is 0 Å². The maximum Gasteiger partial charge on any atom is 0.228 e. The molecule has 0 fully saturated rings. The minimum Gasteiger partial charge on any atom is -0.353 e. The Morgan fingerprint density at radius 3 is 2.80 bits per heavy atom.